The lowest BCUT2D eigenvalue weighted by Gasteiger charge is -2.09. The maximum Gasteiger partial charge on any atom is 0.243 e. The highest BCUT2D eigenvalue weighted by atomic mass is 16.5. The van der Waals surface area contributed by atoms with E-state index in [9.17, 15) is 9.59 Å². The van der Waals surface area contributed by atoms with Crippen molar-refractivity contribution in [2.24, 2.45) is 11.5 Å². The predicted octanol–water partition coefficient (Wildman–Crippen LogP) is -1.49. The van der Waals surface area contributed by atoms with Crippen LogP contribution in [0, 0.1) is 0 Å². The lowest BCUT2D eigenvalue weighted by atomic mass is 10.2. The number of primary amides is 1. The molecule has 86 valence electrons. The summed E-state index contributed by atoms with van der Waals surface area (Å²) >= 11 is 0. The highest BCUT2D eigenvalue weighted by Crippen LogP contribution is 1.87. The molecule has 0 saturated heterocycles. The van der Waals surface area contributed by atoms with Crippen LogP contribution in [-0.4, -0.2) is 37.6 Å². The van der Waals surface area contributed by atoms with Gasteiger partial charge in [0.05, 0.1) is 12.6 Å². The Morgan fingerprint density at radius 1 is 1.53 bits per heavy atom. The summed E-state index contributed by atoms with van der Waals surface area (Å²) in [6, 6.07) is -0.585. The molecule has 0 aliphatic heterocycles. The van der Waals surface area contributed by atoms with Gasteiger partial charge in [0.1, 0.15) is 6.61 Å². The summed E-state index contributed by atoms with van der Waals surface area (Å²) in [6.07, 6.45) is 2.00. The first-order valence-corrected chi connectivity index (χ1v) is 4.58. The molecule has 1 unspecified atom stereocenters. The zero-order valence-electron chi connectivity index (χ0n) is 8.57. The zero-order valence-corrected chi connectivity index (χ0v) is 8.57. The molecule has 0 aromatic carbocycles. The first kappa shape index (κ1) is 13.6. The molecule has 0 aromatic rings. The third-order valence-electron chi connectivity index (χ3n) is 1.55. The topological polar surface area (TPSA) is 107 Å². The van der Waals surface area contributed by atoms with Gasteiger partial charge >= 0.3 is 0 Å². The van der Waals surface area contributed by atoms with Crippen LogP contribution in [0.3, 0.4) is 0 Å². The second-order valence-corrected chi connectivity index (χ2v) is 2.94. The van der Waals surface area contributed by atoms with Crippen molar-refractivity contribution in [1.82, 2.24) is 5.32 Å². The molecule has 0 aromatic heterocycles. The minimum absolute atomic E-state index is 0.144. The van der Waals surface area contributed by atoms with Gasteiger partial charge in [-0.05, 0) is 6.42 Å². The Kier molecular flexibility index (Phi) is 7.21. The molecule has 6 heteroatoms. The monoisotopic (exact) mass is 215 g/mol. The molecule has 0 aliphatic rings. The molecular formula is C9H17N3O3. The van der Waals surface area contributed by atoms with Crippen molar-refractivity contribution in [1.29, 1.82) is 0 Å². The Morgan fingerprint density at radius 3 is 2.73 bits per heavy atom. The molecule has 0 radical (unpaired) electrons. The molecule has 0 rings (SSSR count). The Morgan fingerprint density at radius 2 is 2.20 bits per heavy atom. The summed E-state index contributed by atoms with van der Waals surface area (Å²) in [5.41, 5.74) is 10.3. The number of carbonyl (C=O) groups is 2. The highest BCUT2D eigenvalue weighted by molar-refractivity contribution is 5.81. The first-order valence-electron chi connectivity index (χ1n) is 4.58. The van der Waals surface area contributed by atoms with Crippen LogP contribution in [0.25, 0.3) is 0 Å². The number of rotatable bonds is 8. The molecule has 1 atom stereocenters. The lowest BCUT2D eigenvalue weighted by molar-refractivity contribution is -0.123. The number of hydrogen-bond acceptors (Lipinski definition) is 4. The van der Waals surface area contributed by atoms with E-state index >= 15 is 0 Å². The minimum Gasteiger partial charge on any atom is -0.370 e. The van der Waals surface area contributed by atoms with E-state index in [1.807, 2.05) is 0 Å². The molecule has 6 nitrogen and oxygen atoms in total. The average Bonchev–Trinajstić information content (AvgIpc) is 2.16. The first-order chi connectivity index (χ1) is 7.07. The number of ether oxygens (including phenoxy) is 1. The van der Waals surface area contributed by atoms with Crippen molar-refractivity contribution in [2.75, 3.05) is 19.8 Å². The molecule has 0 bridgehead atoms. The summed E-state index contributed by atoms with van der Waals surface area (Å²) in [7, 11) is 0. The van der Waals surface area contributed by atoms with E-state index < -0.39 is 11.9 Å². The molecule has 0 aliphatic carbocycles. The predicted molar refractivity (Wildman–Crippen MR) is 55.8 cm³/mol. The Hall–Kier alpha value is -1.40. The van der Waals surface area contributed by atoms with E-state index in [0.717, 1.165) is 0 Å². The van der Waals surface area contributed by atoms with E-state index in [1.54, 1.807) is 6.08 Å². The van der Waals surface area contributed by atoms with Crippen LogP contribution in [0.1, 0.15) is 6.42 Å². The SMILES string of the molecule is C=CCC(N)C(=O)NCCOCC(N)=O. The van der Waals surface area contributed by atoms with Crippen molar-refractivity contribution in [3.8, 4) is 0 Å². The summed E-state index contributed by atoms with van der Waals surface area (Å²) in [5.74, 6) is -0.803. The summed E-state index contributed by atoms with van der Waals surface area (Å²) in [6.45, 7) is 3.87. The van der Waals surface area contributed by atoms with E-state index in [2.05, 4.69) is 11.9 Å². The van der Waals surface area contributed by atoms with Crippen molar-refractivity contribution >= 4 is 11.8 Å². The third-order valence-corrected chi connectivity index (χ3v) is 1.55. The number of hydrogen-bond donors (Lipinski definition) is 3. The molecule has 0 heterocycles. The van der Waals surface area contributed by atoms with Crippen molar-refractivity contribution < 1.29 is 14.3 Å². The van der Waals surface area contributed by atoms with Crippen molar-refractivity contribution in [3.05, 3.63) is 12.7 Å². The molecule has 0 spiro atoms. The highest BCUT2D eigenvalue weighted by Gasteiger charge is 2.09. The van der Waals surface area contributed by atoms with Crippen molar-refractivity contribution in [2.45, 2.75) is 12.5 Å². The average molecular weight is 215 g/mol. The van der Waals surface area contributed by atoms with Crippen molar-refractivity contribution in [3.63, 3.8) is 0 Å². The van der Waals surface area contributed by atoms with Crippen LogP contribution in [0.15, 0.2) is 12.7 Å². The Bertz CT molecular complexity index is 231. The van der Waals surface area contributed by atoms with Crippen LogP contribution in [-0.2, 0) is 14.3 Å². The standard InChI is InChI=1S/C9H17N3O3/c1-2-3-7(10)9(14)12-4-5-15-6-8(11)13/h2,7H,1,3-6,10H2,(H2,11,13)(H,12,14). The third kappa shape index (κ3) is 7.65. The van der Waals surface area contributed by atoms with Crippen LogP contribution in [0.5, 0.6) is 0 Å². The molecule has 2 amide bonds. The van der Waals surface area contributed by atoms with E-state index in [0.29, 0.717) is 13.0 Å². The summed E-state index contributed by atoms with van der Waals surface area (Å²) < 4.78 is 4.83. The fourth-order valence-electron chi connectivity index (χ4n) is 0.837. The molecule has 0 fully saturated rings. The second-order valence-electron chi connectivity index (χ2n) is 2.94. The van der Waals surface area contributed by atoms with Gasteiger partial charge in [0, 0.05) is 6.54 Å². The van der Waals surface area contributed by atoms with Gasteiger partial charge in [0.2, 0.25) is 11.8 Å². The normalized spacial score (nSPS) is 11.8. The largest absolute Gasteiger partial charge is 0.370 e. The summed E-state index contributed by atoms with van der Waals surface area (Å²) in [5, 5.41) is 2.55. The van der Waals surface area contributed by atoms with Gasteiger partial charge in [0.25, 0.3) is 0 Å². The van der Waals surface area contributed by atoms with Crippen LogP contribution in [0.2, 0.25) is 0 Å². The van der Waals surface area contributed by atoms with E-state index in [1.165, 1.54) is 0 Å². The lowest BCUT2D eigenvalue weighted by Crippen LogP contribution is -2.41. The number of carbonyl (C=O) groups excluding carboxylic acids is 2. The van der Waals surface area contributed by atoms with Gasteiger partial charge in [-0.1, -0.05) is 6.08 Å². The Labute approximate surface area is 88.6 Å². The van der Waals surface area contributed by atoms with Gasteiger partial charge in [-0.2, -0.15) is 0 Å². The van der Waals surface area contributed by atoms with E-state index in [-0.39, 0.29) is 19.1 Å². The fraction of sp³-hybridized carbons (Fsp3) is 0.556. The molecular weight excluding hydrogens is 198 g/mol. The van der Waals surface area contributed by atoms with Crippen LogP contribution in [0.4, 0.5) is 0 Å². The van der Waals surface area contributed by atoms with Crippen LogP contribution >= 0.6 is 0 Å². The van der Waals surface area contributed by atoms with Crippen LogP contribution < -0.4 is 16.8 Å². The number of amides is 2. The zero-order chi connectivity index (χ0) is 11.7. The van der Waals surface area contributed by atoms with E-state index in [4.69, 9.17) is 16.2 Å². The molecule has 15 heavy (non-hydrogen) atoms. The van der Waals surface area contributed by atoms with Gasteiger partial charge in [-0.3, -0.25) is 9.59 Å². The number of nitrogens with two attached hydrogens (primary N) is 2. The van der Waals surface area contributed by atoms with Gasteiger partial charge in [0.15, 0.2) is 0 Å². The fourth-order valence-corrected chi connectivity index (χ4v) is 0.837. The maximum absolute atomic E-state index is 11.2. The van der Waals surface area contributed by atoms with Gasteiger partial charge in [-0.15, -0.1) is 6.58 Å². The maximum atomic E-state index is 11.2. The Balaban J connectivity index is 3.46. The smallest absolute Gasteiger partial charge is 0.243 e. The molecule has 0 saturated carbocycles. The molecule has 5 N–H and O–H groups in total. The quantitative estimate of drug-likeness (QED) is 0.338. The number of nitrogens with one attached hydrogen (secondary N) is 1. The second kappa shape index (κ2) is 7.95. The minimum atomic E-state index is -0.585. The van der Waals surface area contributed by atoms with Gasteiger partial charge < -0.3 is 21.5 Å². The summed E-state index contributed by atoms with van der Waals surface area (Å²) in [4.78, 5) is 21.5. The van der Waals surface area contributed by atoms with Gasteiger partial charge in [-0.25, -0.2) is 0 Å².